The topological polar surface area (TPSA) is 56.5 Å². The molecule has 0 spiro atoms. The van der Waals surface area contributed by atoms with Crippen molar-refractivity contribution in [3.8, 4) is 5.75 Å². The Morgan fingerprint density at radius 3 is 2.67 bits per heavy atom. The molecule has 18 heavy (non-hydrogen) atoms. The van der Waals surface area contributed by atoms with E-state index in [4.69, 9.17) is 9.15 Å². The minimum absolute atomic E-state index is 0.200. The van der Waals surface area contributed by atoms with E-state index in [1.165, 1.54) is 13.4 Å². The van der Waals surface area contributed by atoms with Gasteiger partial charge < -0.3 is 9.15 Å². The molecule has 2 rings (SSSR count). The summed E-state index contributed by atoms with van der Waals surface area (Å²) in [6, 6.07) is 9.87. The number of methoxy groups -OCH3 is 1. The van der Waals surface area contributed by atoms with Crippen molar-refractivity contribution in [3.05, 3.63) is 54.0 Å². The summed E-state index contributed by atoms with van der Waals surface area (Å²) in [5.41, 5.74) is 0.453. The van der Waals surface area contributed by atoms with Crippen LogP contribution in [0.15, 0.2) is 47.1 Å². The van der Waals surface area contributed by atoms with Crippen LogP contribution in [0.5, 0.6) is 5.75 Å². The van der Waals surface area contributed by atoms with Gasteiger partial charge in [0.15, 0.2) is 11.5 Å². The Morgan fingerprint density at radius 2 is 2.00 bits per heavy atom. The van der Waals surface area contributed by atoms with E-state index >= 15 is 0 Å². The van der Waals surface area contributed by atoms with Crippen molar-refractivity contribution in [3.63, 3.8) is 0 Å². The van der Waals surface area contributed by atoms with E-state index in [0.717, 1.165) is 0 Å². The van der Waals surface area contributed by atoms with Gasteiger partial charge >= 0.3 is 0 Å². The van der Waals surface area contributed by atoms with E-state index in [-0.39, 0.29) is 23.7 Å². The molecule has 0 saturated carbocycles. The maximum absolute atomic E-state index is 11.9. The van der Waals surface area contributed by atoms with Crippen LogP contribution in [-0.2, 0) is 0 Å². The maximum atomic E-state index is 11.9. The summed E-state index contributed by atoms with van der Waals surface area (Å²) in [5, 5.41) is 0. The van der Waals surface area contributed by atoms with Gasteiger partial charge in [-0.15, -0.1) is 0 Å². The van der Waals surface area contributed by atoms with Crippen molar-refractivity contribution in [1.29, 1.82) is 0 Å². The summed E-state index contributed by atoms with van der Waals surface area (Å²) in [6.45, 7) is 0. The highest BCUT2D eigenvalue weighted by atomic mass is 16.5. The fourth-order valence-electron chi connectivity index (χ4n) is 1.57. The van der Waals surface area contributed by atoms with E-state index in [2.05, 4.69) is 0 Å². The first-order valence-corrected chi connectivity index (χ1v) is 5.44. The Morgan fingerprint density at radius 1 is 1.17 bits per heavy atom. The van der Waals surface area contributed by atoms with E-state index in [9.17, 15) is 9.59 Å². The van der Waals surface area contributed by atoms with Gasteiger partial charge in [-0.3, -0.25) is 9.59 Å². The predicted molar refractivity (Wildman–Crippen MR) is 65.0 cm³/mol. The Balaban J connectivity index is 2.10. The molecule has 0 aliphatic carbocycles. The average Bonchev–Trinajstić information content (AvgIpc) is 2.92. The van der Waals surface area contributed by atoms with Crippen LogP contribution in [0.1, 0.15) is 27.3 Å². The van der Waals surface area contributed by atoms with Gasteiger partial charge in [-0.05, 0) is 24.3 Å². The van der Waals surface area contributed by atoms with Gasteiger partial charge in [-0.25, -0.2) is 0 Å². The Hall–Kier alpha value is -2.36. The van der Waals surface area contributed by atoms with Gasteiger partial charge in [0.05, 0.1) is 19.8 Å². The monoisotopic (exact) mass is 244 g/mol. The largest absolute Gasteiger partial charge is 0.497 e. The Labute approximate surface area is 104 Å². The molecule has 0 unspecified atom stereocenters. The number of benzene rings is 1. The summed E-state index contributed by atoms with van der Waals surface area (Å²) >= 11 is 0. The zero-order valence-corrected chi connectivity index (χ0v) is 9.88. The zero-order chi connectivity index (χ0) is 13.0. The van der Waals surface area contributed by atoms with Crippen LogP contribution in [0.3, 0.4) is 0 Å². The molecule has 0 atom stereocenters. The van der Waals surface area contributed by atoms with Crippen LogP contribution in [0.4, 0.5) is 0 Å². The van der Waals surface area contributed by atoms with Crippen LogP contribution in [0.25, 0.3) is 0 Å². The van der Waals surface area contributed by atoms with Crippen LogP contribution >= 0.6 is 0 Å². The van der Waals surface area contributed by atoms with Gasteiger partial charge in [0.2, 0.25) is 5.78 Å². The van der Waals surface area contributed by atoms with E-state index in [1.807, 2.05) is 0 Å². The second kappa shape index (κ2) is 5.31. The van der Waals surface area contributed by atoms with Crippen molar-refractivity contribution in [1.82, 2.24) is 0 Å². The molecule has 0 aliphatic heterocycles. The lowest BCUT2D eigenvalue weighted by Crippen LogP contribution is -2.08. The molecule has 92 valence electrons. The fraction of sp³-hybridized carbons (Fsp3) is 0.143. The molecule has 1 aromatic heterocycles. The van der Waals surface area contributed by atoms with E-state index in [0.29, 0.717) is 11.3 Å². The third-order valence-electron chi connectivity index (χ3n) is 2.51. The average molecular weight is 244 g/mol. The number of Topliss-reactive ketones (excluding diaryl/α,β-unsaturated/α-hetero) is 2. The minimum atomic E-state index is -0.326. The van der Waals surface area contributed by atoms with E-state index in [1.54, 1.807) is 36.4 Å². The number of furan rings is 1. The molecular weight excluding hydrogens is 232 g/mol. The second-order valence-electron chi connectivity index (χ2n) is 3.73. The van der Waals surface area contributed by atoms with Gasteiger partial charge in [0.25, 0.3) is 0 Å². The normalized spacial score (nSPS) is 10.1. The lowest BCUT2D eigenvalue weighted by molar-refractivity contribution is 0.0878. The molecule has 4 nitrogen and oxygen atoms in total. The Bertz CT molecular complexity index is 555. The van der Waals surface area contributed by atoms with Gasteiger partial charge in [-0.1, -0.05) is 12.1 Å². The highest BCUT2D eigenvalue weighted by Crippen LogP contribution is 2.15. The molecule has 0 bridgehead atoms. The van der Waals surface area contributed by atoms with Gasteiger partial charge in [-0.2, -0.15) is 0 Å². The number of hydrogen-bond donors (Lipinski definition) is 0. The van der Waals surface area contributed by atoms with Crippen molar-refractivity contribution >= 4 is 11.6 Å². The third-order valence-corrected chi connectivity index (χ3v) is 2.51. The van der Waals surface area contributed by atoms with Crippen molar-refractivity contribution in [2.24, 2.45) is 0 Å². The van der Waals surface area contributed by atoms with Crippen molar-refractivity contribution in [2.75, 3.05) is 7.11 Å². The van der Waals surface area contributed by atoms with E-state index < -0.39 is 0 Å². The summed E-state index contributed by atoms with van der Waals surface area (Å²) in [6.07, 6.45) is 1.20. The first-order valence-electron chi connectivity index (χ1n) is 5.44. The second-order valence-corrected chi connectivity index (χ2v) is 3.73. The summed E-state index contributed by atoms with van der Waals surface area (Å²) < 4.78 is 9.98. The van der Waals surface area contributed by atoms with Gasteiger partial charge in [0.1, 0.15) is 5.75 Å². The quantitative estimate of drug-likeness (QED) is 0.599. The highest BCUT2D eigenvalue weighted by Gasteiger charge is 2.15. The first kappa shape index (κ1) is 12.1. The molecular formula is C14H12O4. The number of carbonyl (C=O) groups is 2. The molecule has 4 heteroatoms. The third kappa shape index (κ3) is 2.66. The molecule has 0 radical (unpaired) electrons. The summed E-state index contributed by atoms with van der Waals surface area (Å²) in [7, 11) is 1.53. The number of ether oxygens (including phenoxy) is 1. The van der Waals surface area contributed by atoms with Crippen molar-refractivity contribution in [2.45, 2.75) is 6.42 Å². The molecule has 1 aromatic carbocycles. The fourth-order valence-corrected chi connectivity index (χ4v) is 1.57. The highest BCUT2D eigenvalue weighted by molar-refractivity contribution is 6.12. The molecule has 2 aromatic rings. The molecule has 1 heterocycles. The minimum Gasteiger partial charge on any atom is -0.497 e. The first-order chi connectivity index (χ1) is 8.70. The van der Waals surface area contributed by atoms with Crippen LogP contribution in [-0.4, -0.2) is 18.7 Å². The molecule has 0 saturated heterocycles. The van der Waals surface area contributed by atoms with Crippen molar-refractivity contribution < 1.29 is 18.7 Å². The van der Waals surface area contributed by atoms with Crippen LogP contribution in [0, 0.1) is 0 Å². The number of hydrogen-bond acceptors (Lipinski definition) is 4. The number of ketones is 2. The summed E-state index contributed by atoms with van der Waals surface area (Å²) in [5.74, 6) is 0.209. The number of rotatable bonds is 5. The molecule has 0 N–H and O–H groups in total. The lowest BCUT2D eigenvalue weighted by atomic mass is 10.0. The van der Waals surface area contributed by atoms with Gasteiger partial charge in [0, 0.05) is 5.56 Å². The molecule has 0 amide bonds. The lowest BCUT2D eigenvalue weighted by Gasteiger charge is -2.02. The predicted octanol–water partition coefficient (Wildman–Crippen LogP) is 2.74. The van der Waals surface area contributed by atoms with Crippen LogP contribution in [0.2, 0.25) is 0 Å². The summed E-state index contributed by atoms with van der Waals surface area (Å²) in [4.78, 5) is 23.6. The Kier molecular flexibility index (Phi) is 3.57. The van der Waals surface area contributed by atoms with Crippen LogP contribution < -0.4 is 4.74 Å². The maximum Gasteiger partial charge on any atom is 0.205 e. The molecule has 0 fully saturated rings. The zero-order valence-electron chi connectivity index (χ0n) is 9.88. The SMILES string of the molecule is COc1cccc(C(=O)CC(=O)c2ccco2)c1. The standard InChI is InChI=1S/C14H12O4/c1-17-11-5-2-4-10(8-11)12(15)9-13(16)14-6-3-7-18-14/h2-8H,9H2,1H3. The number of carbonyl (C=O) groups excluding carboxylic acids is 2. The smallest absolute Gasteiger partial charge is 0.205 e. The molecule has 0 aliphatic rings.